The predicted molar refractivity (Wildman–Crippen MR) is 346 cm³/mol. The first-order chi connectivity index (χ1) is 42.1. The molecule has 8 atom stereocenters. The minimum Gasteiger partial charge on any atom is -0.490 e. The largest absolute Gasteiger partial charge is 0.490 e. The SMILES string of the molecule is CC(C)C(=O)N[C@@H]1CCCCCS(=O)(=O)NC(=O)c2ccc3c(c2)N(C[C@@H]2CC[C@H]21)C[C@@]1(CCCc2cc(Cl)ccc21)CO3.CC(C)C(=O)N[C@H]1CCCCCS(=O)(=O)NC(=O)c2ccc3c(c2)N(C[C@@H]2CC[C@H]21)C[C@@]1(CCCc2cc(Cl)ccc21)CO3. The first-order valence-electron chi connectivity index (χ1n) is 32.4. The van der Waals surface area contributed by atoms with Crippen molar-refractivity contribution in [2.24, 2.45) is 35.5 Å². The van der Waals surface area contributed by atoms with Crippen LogP contribution in [0.15, 0.2) is 72.8 Å². The zero-order chi connectivity index (χ0) is 62.1. The summed E-state index contributed by atoms with van der Waals surface area (Å²) in [7, 11) is -7.57. The van der Waals surface area contributed by atoms with Crippen molar-refractivity contribution < 1.29 is 45.5 Å². The lowest BCUT2D eigenvalue weighted by Crippen LogP contribution is -2.52. The van der Waals surface area contributed by atoms with Gasteiger partial charge in [-0.25, -0.2) is 26.3 Å². The predicted octanol–water partition coefficient (Wildman–Crippen LogP) is 11.2. The van der Waals surface area contributed by atoms with Gasteiger partial charge >= 0.3 is 0 Å². The highest BCUT2D eigenvalue weighted by molar-refractivity contribution is 7.90. The van der Waals surface area contributed by atoms with Gasteiger partial charge in [-0.15, -0.1) is 0 Å². The molecule has 4 aliphatic carbocycles. The number of hydrogen-bond acceptors (Lipinski definition) is 12. The van der Waals surface area contributed by atoms with Gasteiger partial charge in [0.1, 0.15) is 11.5 Å². The summed E-state index contributed by atoms with van der Waals surface area (Å²) in [5, 5.41) is 8.19. The van der Waals surface area contributed by atoms with Gasteiger partial charge in [0, 0.05) is 82.1 Å². The standard InChI is InChI=1S/2C34H44ClN3O5S/c2*1-22(2)32(39)36-29-8-4-3-5-16-44(41,42)37-33(40)24-10-14-31-30(18-24)38(19-25-9-12-27(25)29)20-34(21-43-31)15-6-7-23-17-26(35)11-13-28(23)34/h2*10-11,13-14,17-18,22,25,27,29H,3-9,12,15-16,19-21H2,1-2H3,(H,36,39)(H,37,40)/t25-,27+,29+,34-;25-,27+,29-,34-/m00/s1. The van der Waals surface area contributed by atoms with E-state index in [2.05, 4.69) is 54.1 Å². The van der Waals surface area contributed by atoms with Crippen LogP contribution in [0.1, 0.15) is 173 Å². The number of nitrogens with zero attached hydrogens (tertiary/aromatic N) is 2. The molecule has 4 N–H and O–H groups in total. The second-order valence-electron chi connectivity index (χ2n) is 27.3. The van der Waals surface area contributed by atoms with E-state index in [-0.39, 0.29) is 58.1 Å². The van der Waals surface area contributed by atoms with Gasteiger partial charge in [0.15, 0.2) is 0 Å². The van der Waals surface area contributed by atoms with Crippen LogP contribution in [0.5, 0.6) is 11.5 Å². The molecule has 4 aromatic rings. The van der Waals surface area contributed by atoms with E-state index in [1.54, 1.807) is 24.3 Å². The van der Waals surface area contributed by atoms with Crippen LogP contribution in [-0.4, -0.2) is 103 Å². The van der Waals surface area contributed by atoms with Crippen LogP contribution in [-0.2, 0) is 53.3 Å². The third kappa shape index (κ3) is 14.3. The summed E-state index contributed by atoms with van der Waals surface area (Å²) in [5.74, 6) is 1.28. The molecule has 4 amide bonds. The van der Waals surface area contributed by atoms with Gasteiger partial charge in [-0.05, 0) is 196 Å². The van der Waals surface area contributed by atoms with Crippen LogP contribution < -0.4 is 39.4 Å². The number of sulfonamides is 2. The van der Waals surface area contributed by atoms with Crippen LogP contribution in [0, 0.1) is 35.5 Å². The molecule has 2 fully saturated rings. The zero-order valence-corrected chi connectivity index (χ0v) is 54.6. The highest BCUT2D eigenvalue weighted by atomic mass is 35.5. The van der Waals surface area contributed by atoms with Crippen LogP contribution in [0.3, 0.4) is 0 Å². The number of aryl methyl sites for hydroxylation is 2. The number of anilines is 2. The second kappa shape index (κ2) is 26.7. The number of rotatable bonds is 4. The Hall–Kier alpha value is -5.56. The number of carbonyl (C=O) groups excluding carboxylic acids is 4. The highest BCUT2D eigenvalue weighted by Gasteiger charge is 2.47. The first-order valence-corrected chi connectivity index (χ1v) is 36.4. The molecule has 0 aromatic heterocycles. The van der Waals surface area contributed by atoms with E-state index in [1.807, 2.05) is 52.0 Å². The lowest BCUT2D eigenvalue weighted by Gasteiger charge is -2.47. The number of benzene rings is 4. The zero-order valence-electron chi connectivity index (χ0n) is 51.5. The molecule has 0 unspecified atom stereocenters. The molecular formula is C68H88Cl2N6O10S2. The Morgan fingerprint density at radius 3 is 1.35 bits per heavy atom. The summed E-state index contributed by atoms with van der Waals surface area (Å²) in [5.41, 5.74) is 6.77. The molecule has 16 nitrogen and oxygen atoms in total. The lowest BCUT2D eigenvalue weighted by atomic mass is 9.67. The number of amides is 4. The Morgan fingerprint density at radius 2 is 0.966 bits per heavy atom. The minimum absolute atomic E-state index is 0.0495. The Morgan fingerprint density at radius 1 is 0.545 bits per heavy atom. The monoisotopic (exact) mass is 1280 g/mol. The second-order valence-corrected chi connectivity index (χ2v) is 31.9. The number of ether oxygens (including phenoxy) is 2. The van der Waals surface area contributed by atoms with Crippen molar-refractivity contribution in [2.75, 3.05) is 60.7 Å². The number of carbonyl (C=O) groups is 4. The van der Waals surface area contributed by atoms with Crippen molar-refractivity contribution >= 4 is 78.3 Å². The maximum atomic E-state index is 13.2. The molecule has 4 heterocycles. The minimum atomic E-state index is -3.79. The van der Waals surface area contributed by atoms with Gasteiger partial charge in [0.05, 0.1) is 36.1 Å². The van der Waals surface area contributed by atoms with Gasteiger partial charge in [0.25, 0.3) is 11.8 Å². The van der Waals surface area contributed by atoms with Gasteiger partial charge in [0.2, 0.25) is 31.9 Å². The van der Waals surface area contributed by atoms with Crippen LogP contribution in [0.25, 0.3) is 0 Å². The Labute approximate surface area is 530 Å². The molecule has 4 aliphatic heterocycles. The summed E-state index contributed by atoms with van der Waals surface area (Å²) >= 11 is 12.8. The van der Waals surface area contributed by atoms with E-state index in [1.165, 1.54) is 22.3 Å². The number of nitrogens with one attached hydrogen (secondary N) is 4. The van der Waals surface area contributed by atoms with E-state index < -0.39 is 31.9 Å². The maximum absolute atomic E-state index is 13.2. The first kappa shape index (κ1) is 64.0. The van der Waals surface area contributed by atoms with Crippen LogP contribution >= 0.6 is 23.2 Å². The molecule has 4 bridgehead atoms. The average Bonchev–Trinajstić information content (AvgIpc) is 1.60. The Balaban J connectivity index is 0.000000182. The van der Waals surface area contributed by atoms with Crippen molar-refractivity contribution in [3.05, 3.63) is 116 Å². The van der Waals surface area contributed by atoms with E-state index >= 15 is 0 Å². The van der Waals surface area contributed by atoms with Crippen molar-refractivity contribution in [3.63, 3.8) is 0 Å². The average molecular weight is 1280 g/mol. The summed E-state index contributed by atoms with van der Waals surface area (Å²) in [6, 6.07) is 23.0. The fourth-order valence-corrected chi connectivity index (χ4v) is 18.0. The summed E-state index contributed by atoms with van der Waals surface area (Å²) < 4.78 is 69.0. The highest BCUT2D eigenvalue weighted by Crippen LogP contribution is 2.50. The molecular weight excluding hydrogens is 1200 g/mol. The Kier molecular flexibility index (Phi) is 19.4. The van der Waals surface area contributed by atoms with E-state index in [0.29, 0.717) is 85.4 Å². The van der Waals surface area contributed by atoms with E-state index in [0.717, 1.165) is 137 Å². The molecule has 2 saturated carbocycles. The molecule has 0 saturated heterocycles. The molecule has 4 aromatic carbocycles. The molecule has 88 heavy (non-hydrogen) atoms. The maximum Gasteiger partial charge on any atom is 0.264 e. The molecule has 2 spiro atoms. The fourth-order valence-electron chi connectivity index (χ4n) is 15.4. The topological polar surface area (TPSA) is 210 Å². The smallest absolute Gasteiger partial charge is 0.264 e. The summed E-state index contributed by atoms with van der Waals surface area (Å²) in [6.45, 7) is 11.6. The van der Waals surface area contributed by atoms with Crippen molar-refractivity contribution in [1.82, 2.24) is 20.1 Å². The summed E-state index contributed by atoms with van der Waals surface area (Å²) in [4.78, 5) is 56.9. The summed E-state index contributed by atoms with van der Waals surface area (Å²) in [6.07, 6.45) is 15.8. The lowest BCUT2D eigenvalue weighted by molar-refractivity contribution is -0.126. The van der Waals surface area contributed by atoms with Gasteiger partial charge in [-0.3, -0.25) is 19.2 Å². The van der Waals surface area contributed by atoms with Gasteiger partial charge in [-0.2, -0.15) is 0 Å². The van der Waals surface area contributed by atoms with Gasteiger partial charge < -0.3 is 29.9 Å². The van der Waals surface area contributed by atoms with E-state index in [4.69, 9.17) is 32.7 Å². The van der Waals surface area contributed by atoms with E-state index in [9.17, 15) is 36.0 Å². The number of hydrogen-bond donors (Lipinski definition) is 4. The quantitative estimate of drug-likeness (QED) is 0.150. The molecule has 8 aliphatic rings. The fraction of sp³-hybridized carbons (Fsp3) is 0.588. The number of fused-ring (bicyclic) bond motifs is 8. The van der Waals surface area contributed by atoms with Crippen LogP contribution in [0.4, 0.5) is 11.4 Å². The van der Waals surface area contributed by atoms with Crippen molar-refractivity contribution in [1.29, 1.82) is 0 Å². The number of halogens is 2. The third-order valence-corrected chi connectivity index (χ3v) is 23.7. The molecule has 476 valence electrons. The molecule has 12 rings (SSSR count). The molecule has 20 heteroatoms. The Bertz CT molecular complexity index is 3280. The molecule has 0 radical (unpaired) electrons. The van der Waals surface area contributed by atoms with Crippen molar-refractivity contribution in [3.8, 4) is 11.5 Å². The van der Waals surface area contributed by atoms with Crippen LogP contribution in [0.2, 0.25) is 10.0 Å². The van der Waals surface area contributed by atoms with Crippen molar-refractivity contribution in [2.45, 2.75) is 166 Å². The van der Waals surface area contributed by atoms with Gasteiger partial charge in [-0.1, -0.05) is 88.7 Å². The normalized spacial score (nSPS) is 28.5. The third-order valence-electron chi connectivity index (χ3n) is 20.6.